The van der Waals surface area contributed by atoms with Crippen LogP contribution in [-0.2, 0) is 17.7 Å². The molecule has 0 aromatic rings. The Morgan fingerprint density at radius 1 is 0.714 bits per heavy atom. The predicted octanol–water partition coefficient (Wildman–Crippen LogP) is 4.67. The molecule has 0 aromatic carbocycles. The third-order valence-electron chi connectivity index (χ3n) is 4.83. The first-order chi connectivity index (χ1) is 13.4. The summed E-state index contributed by atoms with van der Waals surface area (Å²) >= 11 is 0. The minimum atomic E-state index is -2.46. The first kappa shape index (κ1) is 28.2. The fourth-order valence-corrected chi connectivity index (χ4v) is 7.15. The van der Waals surface area contributed by atoms with E-state index < -0.39 is 8.80 Å². The molecule has 0 fully saturated rings. The van der Waals surface area contributed by atoms with Crippen LogP contribution in [0, 0.1) is 0 Å². The van der Waals surface area contributed by atoms with Gasteiger partial charge < -0.3 is 23.0 Å². The van der Waals surface area contributed by atoms with Gasteiger partial charge in [0.25, 0.3) is 0 Å². The zero-order valence-corrected chi connectivity index (χ0v) is 22.2. The third kappa shape index (κ3) is 15.1. The van der Waals surface area contributed by atoms with Gasteiger partial charge in [-0.25, -0.2) is 0 Å². The highest BCUT2D eigenvalue weighted by molar-refractivity contribution is 6.60. The molecule has 0 atom stereocenters. The van der Waals surface area contributed by atoms with Crippen LogP contribution in [0.2, 0.25) is 11.1 Å². The molecular weight excluding hydrogens is 386 g/mol. The molecule has 5 nitrogen and oxygen atoms in total. The maximum absolute atomic E-state index is 5.90. The van der Waals surface area contributed by atoms with Gasteiger partial charge >= 0.3 is 8.80 Å². The summed E-state index contributed by atoms with van der Waals surface area (Å²) in [6.45, 7) is 17.9. The number of hydrogen-bond donors (Lipinski definition) is 1. The Morgan fingerprint density at radius 2 is 1.25 bits per heavy atom. The molecule has 0 aromatic heterocycles. The summed E-state index contributed by atoms with van der Waals surface area (Å²) in [6.07, 6.45) is 9.01. The van der Waals surface area contributed by atoms with Crippen molar-refractivity contribution in [1.82, 2.24) is 5.32 Å². The SMILES string of the molecule is CCO[SiH2]C(C)(C)CCCCCCCNCCC[Si](OCC)(OCC)OCC. The van der Waals surface area contributed by atoms with E-state index in [1.807, 2.05) is 20.8 Å². The van der Waals surface area contributed by atoms with Gasteiger partial charge in [-0.3, -0.25) is 0 Å². The van der Waals surface area contributed by atoms with E-state index in [0.717, 1.165) is 32.2 Å². The molecule has 0 radical (unpaired) electrons. The van der Waals surface area contributed by atoms with E-state index in [-0.39, 0.29) is 9.76 Å². The number of hydrogen-bond acceptors (Lipinski definition) is 5. The van der Waals surface area contributed by atoms with Crippen molar-refractivity contribution in [3.05, 3.63) is 0 Å². The van der Waals surface area contributed by atoms with Crippen LogP contribution in [0.5, 0.6) is 0 Å². The second-order valence-corrected chi connectivity index (χ2v) is 13.5. The van der Waals surface area contributed by atoms with Crippen LogP contribution in [-0.4, -0.2) is 58.1 Å². The Hall–Kier alpha value is 0.234. The summed E-state index contributed by atoms with van der Waals surface area (Å²) in [5, 5.41) is 4.03. The molecule has 0 unspecified atom stereocenters. The van der Waals surface area contributed by atoms with Crippen molar-refractivity contribution in [3.63, 3.8) is 0 Å². The first-order valence-electron chi connectivity index (χ1n) is 11.7. The van der Waals surface area contributed by atoms with E-state index in [9.17, 15) is 0 Å². The van der Waals surface area contributed by atoms with Crippen LogP contribution in [0.4, 0.5) is 0 Å². The van der Waals surface area contributed by atoms with E-state index >= 15 is 0 Å². The molecule has 0 spiro atoms. The Balaban J connectivity index is 3.67. The minimum Gasteiger partial charge on any atom is -0.424 e. The molecule has 0 aliphatic heterocycles. The van der Waals surface area contributed by atoms with Crippen LogP contribution < -0.4 is 5.32 Å². The lowest BCUT2D eigenvalue weighted by Crippen LogP contribution is -2.46. The summed E-state index contributed by atoms with van der Waals surface area (Å²) in [4.78, 5) is 0. The molecule has 0 heterocycles. The molecule has 28 heavy (non-hydrogen) atoms. The standard InChI is InChI=1S/C21H49NO4Si2/c1-7-23-27-21(5,6)17-14-12-11-13-15-18-22-19-16-20-28(24-8-2,25-9-3)26-10-4/h22H,7-20,27H2,1-6H3. The average Bonchev–Trinajstić information content (AvgIpc) is 2.65. The van der Waals surface area contributed by atoms with Crippen molar-refractivity contribution < 1.29 is 17.7 Å². The molecule has 0 rings (SSSR count). The van der Waals surface area contributed by atoms with E-state index in [0.29, 0.717) is 24.9 Å². The lowest BCUT2D eigenvalue weighted by atomic mass is 10.0. The Bertz CT molecular complexity index is 329. The van der Waals surface area contributed by atoms with E-state index in [2.05, 4.69) is 26.1 Å². The number of nitrogens with one attached hydrogen (secondary N) is 1. The Kier molecular flexibility index (Phi) is 18.2. The van der Waals surface area contributed by atoms with Gasteiger partial charge in [0.1, 0.15) is 0 Å². The van der Waals surface area contributed by atoms with Gasteiger partial charge in [0.05, 0.1) is 0 Å². The molecule has 0 aliphatic carbocycles. The molecular formula is C21H49NO4Si2. The quantitative estimate of drug-likeness (QED) is 0.210. The second kappa shape index (κ2) is 18.0. The van der Waals surface area contributed by atoms with Gasteiger partial charge in [-0.15, -0.1) is 0 Å². The van der Waals surface area contributed by atoms with Crippen molar-refractivity contribution in [2.24, 2.45) is 0 Å². The lowest BCUT2D eigenvalue weighted by molar-refractivity contribution is 0.0708. The van der Waals surface area contributed by atoms with Crippen molar-refractivity contribution in [3.8, 4) is 0 Å². The van der Waals surface area contributed by atoms with Gasteiger partial charge in [0.15, 0.2) is 9.76 Å². The van der Waals surface area contributed by atoms with Gasteiger partial charge in [0.2, 0.25) is 0 Å². The summed E-state index contributed by atoms with van der Waals surface area (Å²) in [7, 11) is -2.83. The van der Waals surface area contributed by atoms with Gasteiger partial charge in [-0.05, 0) is 65.1 Å². The summed E-state index contributed by atoms with van der Waals surface area (Å²) in [6, 6.07) is 0.899. The Morgan fingerprint density at radius 3 is 1.82 bits per heavy atom. The van der Waals surface area contributed by atoms with Crippen LogP contribution in [0.15, 0.2) is 0 Å². The molecule has 0 amide bonds. The van der Waals surface area contributed by atoms with Crippen LogP contribution in [0.3, 0.4) is 0 Å². The van der Waals surface area contributed by atoms with Crippen LogP contribution >= 0.6 is 0 Å². The zero-order chi connectivity index (χ0) is 21.1. The fourth-order valence-electron chi connectivity index (χ4n) is 3.39. The minimum absolute atomic E-state index is 0.372. The summed E-state index contributed by atoms with van der Waals surface area (Å²) in [5.74, 6) is 0. The van der Waals surface area contributed by atoms with Crippen LogP contribution in [0.25, 0.3) is 0 Å². The zero-order valence-electron chi connectivity index (χ0n) is 19.7. The maximum Gasteiger partial charge on any atom is 0.500 e. The molecule has 0 bridgehead atoms. The van der Waals surface area contributed by atoms with E-state index in [4.69, 9.17) is 17.7 Å². The summed E-state index contributed by atoms with van der Waals surface area (Å²) in [5.41, 5.74) is 0. The molecule has 0 saturated carbocycles. The van der Waals surface area contributed by atoms with Gasteiger partial charge in [0, 0.05) is 32.5 Å². The number of rotatable bonds is 21. The van der Waals surface area contributed by atoms with Crippen molar-refractivity contribution in [1.29, 1.82) is 0 Å². The lowest BCUT2D eigenvalue weighted by Gasteiger charge is -2.28. The normalized spacial score (nSPS) is 13.1. The van der Waals surface area contributed by atoms with Crippen molar-refractivity contribution in [2.75, 3.05) is 39.5 Å². The fraction of sp³-hybridized carbons (Fsp3) is 1.00. The molecule has 0 aliphatic rings. The van der Waals surface area contributed by atoms with E-state index in [1.165, 1.54) is 38.5 Å². The van der Waals surface area contributed by atoms with Gasteiger partial charge in [-0.2, -0.15) is 0 Å². The topological polar surface area (TPSA) is 49.0 Å². The molecule has 170 valence electrons. The van der Waals surface area contributed by atoms with Crippen LogP contribution in [0.1, 0.15) is 86.5 Å². The van der Waals surface area contributed by atoms with Gasteiger partial charge in [-0.1, -0.05) is 39.5 Å². The highest BCUT2D eigenvalue weighted by Crippen LogP contribution is 2.30. The van der Waals surface area contributed by atoms with Crippen molar-refractivity contribution in [2.45, 2.75) is 97.6 Å². The smallest absolute Gasteiger partial charge is 0.424 e. The average molecular weight is 436 g/mol. The predicted molar refractivity (Wildman–Crippen MR) is 125 cm³/mol. The summed E-state index contributed by atoms with van der Waals surface area (Å²) < 4.78 is 23.4. The number of unbranched alkanes of at least 4 members (excludes halogenated alkanes) is 4. The Labute approximate surface area is 178 Å². The molecule has 7 heteroatoms. The maximum atomic E-state index is 5.90. The van der Waals surface area contributed by atoms with E-state index in [1.54, 1.807) is 0 Å². The third-order valence-corrected chi connectivity index (χ3v) is 9.73. The van der Waals surface area contributed by atoms with Crippen molar-refractivity contribution >= 4 is 18.6 Å². The monoisotopic (exact) mass is 435 g/mol. The first-order valence-corrected chi connectivity index (χ1v) is 14.9. The second-order valence-electron chi connectivity index (χ2n) is 8.15. The highest BCUT2D eigenvalue weighted by Gasteiger charge is 2.39. The highest BCUT2D eigenvalue weighted by atomic mass is 28.4. The largest absolute Gasteiger partial charge is 0.500 e. The molecule has 1 N–H and O–H groups in total. The molecule has 0 saturated heterocycles.